The molecule has 0 spiro atoms. The minimum absolute atomic E-state index is 0.138. The minimum Gasteiger partial charge on any atom is -0.499 e. The molecule has 15 heavy (non-hydrogen) atoms. The van der Waals surface area contributed by atoms with Crippen molar-refractivity contribution in [2.24, 2.45) is 0 Å². The first kappa shape index (κ1) is 14.3. The highest BCUT2D eigenvalue weighted by Gasteiger charge is 1.91. The summed E-state index contributed by atoms with van der Waals surface area (Å²) >= 11 is 0. The summed E-state index contributed by atoms with van der Waals surface area (Å²) in [6.07, 6.45) is 1.38. The molecule has 0 saturated heterocycles. The first-order chi connectivity index (χ1) is 7.41. The Bertz CT molecular complexity index is 133. The second-order valence-electron chi connectivity index (χ2n) is 2.56. The highest BCUT2D eigenvalue weighted by molar-refractivity contribution is 4.47. The molecule has 0 aromatic rings. The fraction of sp³-hybridized carbons (Fsp3) is 0.800. The molecule has 5 heteroatoms. The minimum atomic E-state index is -0.452. The summed E-state index contributed by atoms with van der Waals surface area (Å²) in [6, 6.07) is 0. The van der Waals surface area contributed by atoms with Crippen molar-refractivity contribution in [3.63, 3.8) is 0 Å². The summed E-state index contributed by atoms with van der Waals surface area (Å²) in [5.74, 6) is 0. The van der Waals surface area contributed by atoms with Gasteiger partial charge in [-0.25, -0.2) is 4.39 Å². The van der Waals surface area contributed by atoms with Gasteiger partial charge in [-0.1, -0.05) is 6.58 Å². The van der Waals surface area contributed by atoms with Crippen molar-refractivity contribution < 1.29 is 23.3 Å². The van der Waals surface area contributed by atoms with Crippen molar-refractivity contribution in [3.05, 3.63) is 12.8 Å². The van der Waals surface area contributed by atoms with Crippen LogP contribution in [0.3, 0.4) is 0 Å². The first-order valence-corrected chi connectivity index (χ1v) is 4.93. The fourth-order valence-electron chi connectivity index (χ4n) is 0.787. The zero-order chi connectivity index (χ0) is 11.2. The highest BCUT2D eigenvalue weighted by Crippen LogP contribution is 1.82. The molecule has 90 valence electrons. The van der Waals surface area contributed by atoms with Gasteiger partial charge in [0.05, 0.1) is 45.9 Å². The summed E-state index contributed by atoms with van der Waals surface area (Å²) in [6.45, 7) is 6.02. The van der Waals surface area contributed by atoms with Crippen LogP contribution in [-0.2, 0) is 18.9 Å². The Labute approximate surface area is 90.0 Å². The second-order valence-corrected chi connectivity index (χ2v) is 2.56. The van der Waals surface area contributed by atoms with E-state index in [1.54, 1.807) is 0 Å². The van der Waals surface area contributed by atoms with Crippen LogP contribution in [0, 0.1) is 0 Å². The van der Waals surface area contributed by atoms with E-state index in [1.807, 2.05) is 0 Å². The number of rotatable bonds is 12. The molecule has 0 unspecified atom stereocenters. The van der Waals surface area contributed by atoms with Crippen LogP contribution in [0.15, 0.2) is 12.8 Å². The van der Waals surface area contributed by atoms with Crippen molar-refractivity contribution in [1.29, 1.82) is 0 Å². The molecule has 0 fully saturated rings. The first-order valence-electron chi connectivity index (χ1n) is 4.93. The topological polar surface area (TPSA) is 36.9 Å². The third kappa shape index (κ3) is 13.3. The van der Waals surface area contributed by atoms with Crippen molar-refractivity contribution in [1.82, 2.24) is 0 Å². The van der Waals surface area contributed by atoms with E-state index >= 15 is 0 Å². The Morgan fingerprint density at radius 3 is 1.73 bits per heavy atom. The molecule has 0 aliphatic rings. The maximum absolute atomic E-state index is 11.6. The number of hydrogen-bond donors (Lipinski definition) is 0. The molecule has 4 nitrogen and oxygen atoms in total. The van der Waals surface area contributed by atoms with Crippen molar-refractivity contribution in [2.45, 2.75) is 0 Å². The molecule has 0 aliphatic carbocycles. The fourth-order valence-corrected chi connectivity index (χ4v) is 0.787. The normalized spacial score (nSPS) is 10.2. The van der Waals surface area contributed by atoms with Crippen LogP contribution in [0.1, 0.15) is 0 Å². The molecule has 0 aromatic heterocycles. The van der Waals surface area contributed by atoms with Crippen molar-refractivity contribution in [2.75, 3.05) is 52.9 Å². The summed E-state index contributed by atoms with van der Waals surface area (Å²) in [5, 5.41) is 0. The van der Waals surface area contributed by atoms with Gasteiger partial charge in [-0.15, -0.1) is 0 Å². The maximum atomic E-state index is 11.6. The van der Waals surface area contributed by atoms with E-state index in [4.69, 9.17) is 18.9 Å². The second kappa shape index (κ2) is 13.4. The van der Waals surface area contributed by atoms with Gasteiger partial charge < -0.3 is 18.9 Å². The summed E-state index contributed by atoms with van der Waals surface area (Å²) in [4.78, 5) is 0. The predicted molar refractivity (Wildman–Crippen MR) is 54.6 cm³/mol. The molecule has 0 radical (unpaired) electrons. The van der Waals surface area contributed by atoms with Gasteiger partial charge in [-0.3, -0.25) is 0 Å². The summed E-state index contributed by atoms with van der Waals surface area (Å²) in [5.41, 5.74) is 0. The standard InChI is InChI=1S/C10H19FO4/c1-2-12-5-6-14-9-10-15-8-7-13-4-3-11/h2H,1,3-10H2. The lowest BCUT2D eigenvalue weighted by Crippen LogP contribution is -2.11. The molecule has 0 atom stereocenters. The van der Waals surface area contributed by atoms with Crippen molar-refractivity contribution in [3.8, 4) is 0 Å². The van der Waals surface area contributed by atoms with E-state index < -0.39 is 6.67 Å². The van der Waals surface area contributed by atoms with Gasteiger partial charge in [0.25, 0.3) is 0 Å². The Morgan fingerprint density at radius 2 is 1.27 bits per heavy atom. The maximum Gasteiger partial charge on any atom is 0.113 e. The predicted octanol–water partition coefficient (Wildman–Crippen LogP) is 1.17. The number of halogens is 1. The van der Waals surface area contributed by atoms with Crippen LogP contribution < -0.4 is 0 Å². The lowest BCUT2D eigenvalue weighted by atomic mass is 10.7. The number of hydrogen-bond acceptors (Lipinski definition) is 4. The van der Waals surface area contributed by atoms with Crippen LogP contribution in [0.25, 0.3) is 0 Å². The largest absolute Gasteiger partial charge is 0.499 e. The quantitative estimate of drug-likeness (QED) is 0.367. The van der Waals surface area contributed by atoms with E-state index in [9.17, 15) is 4.39 Å². The molecule has 0 amide bonds. The Balaban J connectivity index is 2.83. The lowest BCUT2D eigenvalue weighted by Gasteiger charge is -2.05. The van der Waals surface area contributed by atoms with Gasteiger partial charge in [0.1, 0.15) is 13.3 Å². The summed E-state index contributed by atoms with van der Waals surface area (Å²) < 4.78 is 31.6. The highest BCUT2D eigenvalue weighted by atomic mass is 19.1. The molecule has 0 N–H and O–H groups in total. The molecule has 0 heterocycles. The van der Waals surface area contributed by atoms with E-state index in [0.29, 0.717) is 39.6 Å². The molecule has 0 aromatic carbocycles. The Hall–Kier alpha value is -0.650. The van der Waals surface area contributed by atoms with Gasteiger partial charge in [0.15, 0.2) is 0 Å². The zero-order valence-corrected chi connectivity index (χ0v) is 8.95. The monoisotopic (exact) mass is 222 g/mol. The summed E-state index contributed by atoms with van der Waals surface area (Å²) in [7, 11) is 0. The van der Waals surface area contributed by atoms with Gasteiger partial charge in [-0.2, -0.15) is 0 Å². The Morgan fingerprint density at radius 1 is 0.800 bits per heavy atom. The van der Waals surface area contributed by atoms with Crippen LogP contribution >= 0.6 is 0 Å². The lowest BCUT2D eigenvalue weighted by molar-refractivity contribution is 0.00493. The van der Waals surface area contributed by atoms with E-state index in [0.717, 1.165) is 0 Å². The number of ether oxygens (including phenoxy) is 4. The Kier molecular flexibility index (Phi) is 12.8. The zero-order valence-electron chi connectivity index (χ0n) is 8.95. The smallest absolute Gasteiger partial charge is 0.113 e. The molecule has 0 rings (SSSR count). The van der Waals surface area contributed by atoms with Crippen LogP contribution in [0.2, 0.25) is 0 Å². The van der Waals surface area contributed by atoms with Gasteiger partial charge >= 0.3 is 0 Å². The third-order valence-corrected chi connectivity index (χ3v) is 1.43. The third-order valence-electron chi connectivity index (χ3n) is 1.43. The SMILES string of the molecule is C=COCCOCCOCCOCCF. The van der Waals surface area contributed by atoms with Crippen molar-refractivity contribution >= 4 is 0 Å². The van der Waals surface area contributed by atoms with E-state index in [2.05, 4.69) is 6.58 Å². The van der Waals surface area contributed by atoms with Gasteiger partial charge in [0, 0.05) is 0 Å². The number of alkyl halides is 1. The molecule has 0 bridgehead atoms. The van der Waals surface area contributed by atoms with E-state index in [-0.39, 0.29) is 6.61 Å². The van der Waals surface area contributed by atoms with E-state index in [1.165, 1.54) is 6.26 Å². The van der Waals surface area contributed by atoms with Crippen LogP contribution in [0.5, 0.6) is 0 Å². The van der Waals surface area contributed by atoms with Gasteiger partial charge in [0.2, 0.25) is 0 Å². The van der Waals surface area contributed by atoms with Crippen LogP contribution in [0.4, 0.5) is 4.39 Å². The molecular weight excluding hydrogens is 203 g/mol. The average molecular weight is 222 g/mol. The van der Waals surface area contributed by atoms with Crippen LogP contribution in [-0.4, -0.2) is 52.9 Å². The van der Waals surface area contributed by atoms with Gasteiger partial charge in [-0.05, 0) is 0 Å². The average Bonchev–Trinajstić information content (AvgIpc) is 2.26. The molecule has 0 aliphatic heterocycles. The molecular formula is C10H19FO4. The molecule has 0 saturated carbocycles.